The van der Waals surface area contributed by atoms with Crippen molar-refractivity contribution >= 4 is 10.0 Å². The highest BCUT2D eigenvalue weighted by Gasteiger charge is 2.24. The standard InChI is InChI=1S/C15H24NO2S/c1-9(2)12-7-13(10(3)4)15(19(16,17)18)14(8-12)11(5)6/h7-11,16H,1-6H3. The fourth-order valence-electron chi connectivity index (χ4n) is 2.20. The first-order valence-electron chi connectivity index (χ1n) is 6.73. The SMILES string of the molecule is CC(C)c1cc(C(C)C)c(S([NH])(=O)=O)c(C(C)C)c1. The third-order valence-corrected chi connectivity index (χ3v) is 4.36. The molecule has 0 amide bonds. The largest absolute Gasteiger partial charge is 0.254 e. The minimum Gasteiger partial charge on any atom is -0.206 e. The lowest BCUT2D eigenvalue weighted by Crippen LogP contribution is -2.12. The molecule has 1 aromatic rings. The normalized spacial score (nSPS) is 12.7. The monoisotopic (exact) mass is 282 g/mol. The first kappa shape index (κ1) is 16.2. The van der Waals surface area contributed by atoms with Crippen LogP contribution in [-0.2, 0) is 10.0 Å². The lowest BCUT2D eigenvalue weighted by molar-refractivity contribution is 0.590. The van der Waals surface area contributed by atoms with E-state index in [4.69, 9.17) is 5.14 Å². The summed E-state index contributed by atoms with van der Waals surface area (Å²) in [6.07, 6.45) is 0. The summed E-state index contributed by atoms with van der Waals surface area (Å²) in [5.41, 5.74) is 2.68. The second-order valence-corrected chi connectivity index (χ2v) is 7.41. The zero-order valence-electron chi connectivity index (χ0n) is 12.6. The second kappa shape index (κ2) is 5.63. The van der Waals surface area contributed by atoms with Crippen LogP contribution in [0, 0.1) is 0 Å². The Balaban J connectivity index is 3.77. The van der Waals surface area contributed by atoms with Crippen molar-refractivity contribution in [1.29, 1.82) is 0 Å². The number of rotatable bonds is 4. The molecule has 107 valence electrons. The van der Waals surface area contributed by atoms with Crippen LogP contribution in [0.3, 0.4) is 0 Å². The Kier molecular flexibility index (Phi) is 4.80. The molecule has 4 heteroatoms. The van der Waals surface area contributed by atoms with E-state index in [-0.39, 0.29) is 16.7 Å². The Bertz CT molecular complexity index is 529. The molecule has 0 saturated heterocycles. The molecule has 0 spiro atoms. The molecule has 0 saturated carbocycles. The Morgan fingerprint density at radius 3 is 1.42 bits per heavy atom. The van der Waals surface area contributed by atoms with E-state index in [1.54, 1.807) is 0 Å². The number of hydrogen-bond acceptors (Lipinski definition) is 2. The van der Waals surface area contributed by atoms with Crippen LogP contribution in [0.15, 0.2) is 17.0 Å². The van der Waals surface area contributed by atoms with Gasteiger partial charge in [-0.15, -0.1) is 5.14 Å². The third kappa shape index (κ3) is 3.57. The van der Waals surface area contributed by atoms with Gasteiger partial charge in [-0.3, -0.25) is 0 Å². The van der Waals surface area contributed by atoms with Crippen molar-refractivity contribution in [2.75, 3.05) is 0 Å². The number of hydrogen-bond donors (Lipinski definition) is 0. The third-order valence-electron chi connectivity index (χ3n) is 3.35. The van der Waals surface area contributed by atoms with Crippen molar-refractivity contribution in [1.82, 2.24) is 5.14 Å². The first-order valence-corrected chi connectivity index (χ1v) is 8.21. The van der Waals surface area contributed by atoms with E-state index in [1.165, 1.54) is 0 Å². The molecule has 0 aliphatic carbocycles. The van der Waals surface area contributed by atoms with Crippen molar-refractivity contribution in [2.24, 2.45) is 0 Å². The second-order valence-electron chi connectivity index (χ2n) is 6.00. The van der Waals surface area contributed by atoms with Crippen LogP contribution in [0.1, 0.15) is 76.0 Å². The molecule has 0 unspecified atom stereocenters. The molecular weight excluding hydrogens is 258 g/mol. The van der Waals surface area contributed by atoms with Crippen LogP contribution < -0.4 is 5.14 Å². The van der Waals surface area contributed by atoms with E-state index in [9.17, 15) is 8.42 Å². The van der Waals surface area contributed by atoms with E-state index in [2.05, 4.69) is 13.8 Å². The van der Waals surface area contributed by atoms with Gasteiger partial charge in [0, 0.05) is 0 Å². The van der Waals surface area contributed by atoms with Crippen LogP contribution >= 0.6 is 0 Å². The average Bonchev–Trinajstić information content (AvgIpc) is 2.25. The van der Waals surface area contributed by atoms with Crippen LogP contribution in [-0.4, -0.2) is 8.42 Å². The number of sulfonamides is 1. The zero-order chi connectivity index (χ0) is 15.0. The number of nitrogens with one attached hydrogen (secondary N) is 1. The Morgan fingerprint density at radius 1 is 0.842 bits per heavy atom. The lowest BCUT2D eigenvalue weighted by atomic mass is 9.89. The summed E-state index contributed by atoms with van der Waals surface area (Å²) in [4.78, 5) is 0.210. The van der Waals surface area contributed by atoms with Gasteiger partial charge < -0.3 is 0 Å². The Labute approximate surface area is 117 Å². The number of benzene rings is 1. The summed E-state index contributed by atoms with van der Waals surface area (Å²) in [5, 5.41) is 7.49. The van der Waals surface area contributed by atoms with Crippen LogP contribution in [0.4, 0.5) is 0 Å². The molecule has 0 aromatic heterocycles. The smallest absolute Gasteiger partial charge is 0.206 e. The molecule has 1 rings (SSSR count). The van der Waals surface area contributed by atoms with Gasteiger partial charge in [-0.25, -0.2) is 8.42 Å². The molecule has 0 atom stereocenters. The van der Waals surface area contributed by atoms with Crippen molar-refractivity contribution < 1.29 is 8.42 Å². The predicted octanol–water partition coefficient (Wildman–Crippen LogP) is 4.03. The first-order chi connectivity index (χ1) is 8.55. The van der Waals surface area contributed by atoms with Crippen LogP contribution in [0.25, 0.3) is 0 Å². The fourth-order valence-corrected chi connectivity index (χ4v) is 3.41. The maximum Gasteiger partial charge on any atom is 0.254 e. The van der Waals surface area contributed by atoms with Gasteiger partial charge in [0.15, 0.2) is 0 Å². The molecule has 0 heterocycles. The van der Waals surface area contributed by atoms with E-state index in [1.807, 2.05) is 39.8 Å². The minimum absolute atomic E-state index is 0.0892. The van der Waals surface area contributed by atoms with Gasteiger partial charge in [0.2, 0.25) is 0 Å². The average molecular weight is 282 g/mol. The summed E-state index contributed by atoms with van der Waals surface area (Å²) in [7, 11) is -3.95. The molecular formula is C15H24NO2S. The molecule has 19 heavy (non-hydrogen) atoms. The molecule has 3 nitrogen and oxygen atoms in total. The molecule has 1 aromatic carbocycles. The minimum atomic E-state index is -3.95. The molecule has 0 aliphatic heterocycles. The molecule has 1 radical (unpaired) electrons. The topological polar surface area (TPSA) is 57.9 Å². The molecule has 0 fully saturated rings. The van der Waals surface area contributed by atoms with Gasteiger partial charge in [0.25, 0.3) is 10.0 Å². The summed E-state index contributed by atoms with van der Waals surface area (Å²) in [5.74, 6) is 0.523. The van der Waals surface area contributed by atoms with Crippen LogP contribution in [0.2, 0.25) is 0 Å². The van der Waals surface area contributed by atoms with Crippen molar-refractivity contribution in [2.45, 2.75) is 64.2 Å². The van der Waals surface area contributed by atoms with Crippen molar-refractivity contribution in [3.63, 3.8) is 0 Å². The summed E-state index contributed by atoms with van der Waals surface area (Å²) in [6, 6.07) is 3.89. The zero-order valence-corrected chi connectivity index (χ0v) is 13.4. The highest BCUT2D eigenvalue weighted by Crippen LogP contribution is 2.34. The van der Waals surface area contributed by atoms with Crippen molar-refractivity contribution in [3.8, 4) is 0 Å². The molecule has 0 aliphatic rings. The maximum absolute atomic E-state index is 11.8. The quantitative estimate of drug-likeness (QED) is 0.837. The summed E-state index contributed by atoms with van der Waals surface area (Å²) >= 11 is 0. The van der Waals surface area contributed by atoms with E-state index < -0.39 is 10.0 Å². The Morgan fingerprint density at radius 2 is 1.21 bits per heavy atom. The lowest BCUT2D eigenvalue weighted by Gasteiger charge is -2.21. The fraction of sp³-hybridized carbons (Fsp3) is 0.600. The predicted molar refractivity (Wildman–Crippen MR) is 79.0 cm³/mol. The van der Waals surface area contributed by atoms with Crippen molar-refractivity contribution in [3.05, 3.63) is 28.8 Å². The van der Waals surface area contributed by atoms with E-state index in [0.717, 1.165) is 16.7 Å². The summed E-state index contributed by atoms with van der Waals surface area (Å²) in [6.45, 7) is 12.1. The Hall–Kier alpha value is -0.870. The van der Waals surface area contributed by atoms with Gasteiger partial charge in [-0.2, -0.15) is 0 Å². The van der Waals surface area contributed by atoms with Gasteiger partial charge in [-0.05, 0) is 34.4 Å². The molecule has 1 N–H and O–H groups in total. The van der Waals surface area contributed by atoms with E-state index >= 15 is 0 Å². The summed E-state index contributed by atoms with van der Waals surface area (Å²) < 4.78 is 23.7. The maximum atomic E-state index is 11.8. The van der Waals surface area contributed by atoms with Gasteiger partial charge in [0.1, 0.15) is 0 Å². The molecule has 0 bridgehead atoms. The van der Waals surface area contributed by atoms with Gasteiger partial charge in [0.05, 0.1) is 4.90 Å². The van der Waals surface area contributed by atoms with Gasteiger partial charge in [-0.1, -0.05) is 53.7 Å². The highest BCUT2D eigenvalue weighted by atomic mass is 32.2. The highest BCUT2D eigenvalue weighted by molar-refractivity contribution is 7.89. The van der Waals surface area contributed by atoms with E-state index in [0.29, 0.717) is 5.92 Å². The van der Waals surface area contributed by atoms with Gasteiger partial charge >= 0.3 is 0 Å². The van der Waals surface area contributed by atoms with Crippen LogP contribution in [0.5, 0.6) is 0 Å².